The molecular weight excluding hydrogens is 296 g/mol. The number of benzene rings is 1. The second kappa shape index (κ2) is 5.36. The summed E-state index contributed by atoms with van der Waals surface area (Å²) in [6, 6.07) is 8.66. The summed E-state index contributed by atoms with van der Waals surface area (Å²) in [7, 11) is 0. The fourth-order valence-electron chi connectivity index (χ4n) is 2.00. The zero-order chi connectivity index (χ0) is 14.1. The third-order valence-electron chi connectivity index (χ3n) is 3.07. The number of aromatic nitrogens is 2. The number of aliphatic hydroxyl groups excluding tert-OH is 1. The van der Waals surface area contributed by atoms with Gasteiger partial charge in [0.15, 0.2) is 0 Å². The summed E-state index contributed by atoms with van der Waals surface area (Å²) in [6.07, 6.45) is 0.697. The Kier molecular flexibility index (Phi) is 3.56. The summed E-state index contributed by atoms with van der Waals surface area (Å²) >= 11 is 7.23. The Morgan fingerprint density at radius 3 is 2.80 bits per heavy atom. The van der Waals surface area contributed by atoms with Crippen molar-refractivity contribution in [1.29, 1.82) is 0 Å². The molecule has 0 fully saturated rings. The average molecular weight is 307 g/mol. The number of rotatable bonds is 3. The van der Waals surface area contributed by atoms with Crippen molar-refractivity contribution in [3.63, 3.8) is 0 Å². The number of aliphatic hydroxyl groups is 1. The summed E-state index contributed by atoms with van der Waals surface area (Å²) in [5.41, 5.74) is 0.580. The normalized spacial score (nSPS) is 12.7. The highest BCUT2D eigenvalue weighted by Crippen LogP contribution is 2.18. The van der Waals surface area contributed by atoms with Crippen molar-refractivity contribution in [2.45, 2.75) is 12.6 Å². The van der Waals surface area contributed by atoms with Crippen molar-refractivity contribution in [3.05, 3.63) is 63.0 Å². The SMILES string of the molecule is O=c1c2ccsc2ncn1C[C@@H](O)c1ccc(Cl)cc1. The molecule has 0 spiro atoms. The summed E-state index contributed by atoms with van der Waals surface area (Å²) < 4.78 is 1.42. The summed E-state index contributed by atoms with van der Waals surface area (Å²) in [4.78, 5) is 17.1. The van der Waals surface area contributed by atoms with Crippen molar-refractivity contribution in [3.8, 4) is 0 Å². The lowest BCUT2D eigenvalue weighted by Gasteiger charge is -2.12. The van der Waals surface area contributed by atoms with Crippen LogP contribution in [0.3, 0.4) is 0 Å². The average Bonchev–Trinajstić information content (AvgIpc) is 2.92. The Balaban J connectivity index is 1.90. The van der Waals surface area contributed by atoms with Gasteiger partial charge < -0.3 is 5.11 Å². The van der Waals surface area contributed by atoms with E-state index in [0.717, 1.165) is 0 Å². The highest BCUT2D eigenvalue weighted by atomic mass is 35.5. The van der Waals surface area contributed by atoms with Crippen LogP contribution in [-0.4, -0.2) is 14.7 Å². The first-order chi connectivity index (χ1) is 9.65. The second-order valence-corrected chi connectivity index (χ2v) is 5.74. The van der Waals surface area contributed by atoms with E-state index in [0.29, 0.717) is 20.8 Å². The molecule has 3 aromatic rings. The van der Waals surface area contributed by atoms with Crippen LogP contribution in [0.4, 0.5) is 0 Å². The molecule has 2 aromatic heterocycles. The first-order valence-corrected chi connectivity index (χ1v) is 7.27. The molecule has 0 aliphatic carbocycles. The van der Waals surface area contributed by atoms with Gasteiger partial charge in [-0.25, -0.2) is 4.98 Å². The molecule has 6 heteroatoms. The van der Waals surface area contributed by atoms with Crippen molar-refractivity contribution in [2.75, 3.05) is 0 Å². The van der Waals surface area contributed by atoms with Crippen molar-refractivity contribution >= 4 is 33.2 Å². The van der Waals surface area contributed by atoms with E-state index >= 15 is 0 Å². The van der Waals surface area contributed by atoms with Crippen LogP contribution in [0, 0.1) is 0 Å². The van der Waals surface area contributed by atoms with E-state index < -0.39 is 6.10 Å². The molecule has 1 N–H and O–H groups in total. The molecule has 0 aliphatic rings. The van der Waals surface area contributed by atoms with Gasteiger partial charge in [0.1, 0.15) is 4.83 Å². The molecule has 0 radical (unpaired) electrons. The molecule has 0 amide bonds. The van der Waals surface area contributed by atoms with Gasteiger partial charge in [0.25, 0.3) is 5.56 Å². The Labute approximate surface area is 123 Å². The highest BCUT2D eigenvalue weighted by molar-refractivity contribution is 7.16. The maximum Gasteiger partial charge on any atom is 0.262 e. The van der Waals surface area contributed by atoms with Crippen LogP contribution in [0.1, 0.15) is 11.7 Å². The summed E-state index contributed by atoms with van der Waals surface area (Å²) in [6.45, 7) is 0.166. The number of halogens is 1. The quantitative estimate of drug-likeness (QED) is 0.809. The molecule has 3 rings (SSSR count). The maximum atomic E-state index is 12.2. The van der Waals surface area contributed by atoms with Crippen LogP contribution in [0.15, 0.2) is 46.8 Å². The van der Waals surface area contributed by atoms with Gasteiger partial charge in [-0.2, -0.15) is 0 Å². The van der Waals surface area contributed by atoms with Gasteiger partial charge in [-0.3, -0.25) is 9.36 Å². The lowest BCUT2D eigenvalue weighted by molar-refractivity contribution is 0.155. The Bertz CT molecular complexity index is 795. The third-order valence-corrected chi connectivity index (χ3v) is 4.15. The van der Waals surface area contributed by atoms with Gasteiger partial charge in [0.2, 0.25) is 0 Å². The minimum Gasteiger partial charge on any atom is -0.387 e. The number of fused-ring (bicyclic) bond motifs is 1. The molecule has 20 heavy (non-hydrogen) atoms. The zero-order valence-corrected chi connectivity index (χ0v) is 11.9. The van der Waals surface area contributed by atoms with Crippen molar-refractivity contribution in [2.24, 2.45) is 0 Å². The molecular formula is C14H11ClN2O2S. The molecule has 4 nitrogen and oxygen atoms in total. The van der Waals surface area contributed by atoms with E-state index in [4.69, 9.17) is 11.6 Å². The predicted octanol–water partition coefficient (Wildman–Crippen LogP) is 2.85. The molecule has 0 bridgehead atoms. The molecule has 0 saturated heterocycles. The van der Waals surface area contributed by atoms with Crippen LogP contribution >= 0.6 is 22.9 Å². The molecule has 0 unspecified atom stereocenters. The fourth-order valence-corrected chi connectivity index (χ4v) is 2.85. The van der Waals surface area contributed by atoms with Gasteiger partial charge >= 0.3 is 0 Å². The number of thiophene rings is 1. The molecule has 2 heterocycles. The predicted molar refractivity (Wildman–Crippen MR) is 80.3 cm³/mol. The van der Waals surface area contributed by atoms with Crippen LogP contribution in [0.5, 0.6) is 0 Å². The molecule has 1 aromatic carbocycles. The standard InChI is InChI=1S/C14H11ClN2O2S/c15-10-3-1-9(2-4-10)12(18)7-17-8-16-13-11(14(17)19)5-6-20-13/h1-6,8,12,18H,7H2/t12-/m1/s1. The Hall–Kier alpha value is -1.69. The minimum atomic E-state index is -0.775. The Morgan fingerprint density at radius 1 is 1.30 bits per heavy atom. The smallest absolute Gasteiger partial charge is 0.262 e. The number of hydrogen-bond donors (Lipinski definition) is 1. The second-order valence-electron chi connectivity index (χ2n) is 4.41. The monoisotopic (exact) mass is 306 g/mol. The van der Waals surface area contributed by atoms with Crippen LogP contribution in [0.2, 0.25) is 5.02 Å². The number of hydrogen-bond acceptors (Lipinski definition) is 4. The largest absolute Gasteiger partial charge is 0.387 e. The van der Waals surface area contributed by atoms with Crippen molar-refractivity contribution in [1.82, 2.24) is 9.55 Å². The molecule has 102 valence electrons. The highest BCUT2D eigenvalue weighted by Gasteiger charge is 2.11. The summed E-state index contributed by atoms with van der Waals surface area (Å²) in [5.74, 6) is 0. The Morgan fingerprint density at radius 2 is 2.05 bits per heavy atom. The first kappa shape index (κ1) is 13.3. The van der Waals surface area contributed by atoms with E-state index in [1.165, 1.54) is 22.2 Å². The third kappa shape index (κ3) is 2.47. The lowest BCUT2D eigenvalue weighted by atomic mass is 10.1. The van der Waals surface area contributed by atoms with E-state index in [2.05, 4.69) is 4.98 Å². The van der Waals surface area contributed by atoms with E-state index in [-0.39, 0.29) is 12.1 Å². The molecule has 0 aliphatic heterocycles. The van der Waals surface area contributed by atoms with Crippen molar-refractivity contribution < 1.29 is 5.11 Å². The topological polar surface area (TPSA) is 55.1 Å². The van der Waals surface area contributed by atoms with Gasteiger partial charge in [-0.1, -0.05) is 23.7 Å². The number of nitrogens with zero attached hydrogens (tertiary/aromatic N) is 2. The van der Waals surface area contributed by atoms with E-state index in [9.17, 15) is 9.90 Å². The minimum absolute atomic E-state index is 0.135. The fraction of sp³-hybridized carbons (Fsp3) is 0.143. The van der Waals surface area contributed by atoms with Gasteiger partial charge in [0.05, 0.1) is 24.4 Å². The van der Waals surface area contributed by atoms with Crippen LogP contribution in [0.25, 0.3) is 10.2 Å². The lowest BCUT2D eigenvalue weighted by Crippen LogP contribution is -2.23. The summed E-state index contributed by atoms with van der Waals surface area (Å²) in [5, 5.41) is 13.2. The van der Waals surface area contributed by atoms with Gasteiger partial charge in [0, 0.05) is 5.02 Å². The molecule has 0 saturated carbocycles. The maximum absolute atomic E-state index is 12.2. The van der Waals surface area contributed by atoms with E-state index in [1.807, 2.05) is 5.38 Å². The van der Waals surface area contributed by atoms with Crippen LogP contribution < -0.4 is 5.56 Å². The molecule has 1 atom stereocenters. The van der Waals surface area contributed by atoms with Gasteiger partial charge in [-0.05, 0) is 29.1 Å². The van der Waals surface area contributed by atoms with Crippen LogP contribution in [-0.2, 0) is 6.54 Å². The van der Waals surface area contributed by atoms with E-state index in [1.54, 1.807) is 30.3 Å². The van der Waals surface area contributed by atoms with Gasteiger partial charge in [-0.15, -0.1) is 11.3 Å². The first-order valence-electron chi connectivity index (χ1n) is 6.01. The zero-order valence-electron chi connectivity index (χ0n) is 10.4.